The van der Waals surface area contributed by atoms with E-state index < -0.39 is 59.8 Å². The number of benzene rings is 1. The lowest BCUT2D eigenvalue weighted by Crippen LogP contribution is -2.42. The maximum absolute atomic E-state index is 14.0. The van der Waals surface area contributed by atoms with E-state index in [-0.39, 0.29) is 41.3 Å². The van der Waals surface area contributed by atoms with Gasteiger partial charge in [0.2, 0.25) is 11.6 Å². The smallest absolute Gasteiger partial charge is 0.405 e. The van der Waals surface area contributed by atoms with E-state index in [4.69, 9.17) is 19.9 Å². The summed E-state index contributed by atoms with van der Waals surface area (Å²) in [7, 11) is 2.88. The number of Topliss-reactive ketones (excluding diaryl/α,β-unsaturated/α-hetero) is 1. The van der Waals surface area contributed by atoms with Crippen molar-refractivity contribution in [1.82, 2.24) is 20.9 Å². The van der Waals surface area contributed by atoms with E-state index in [2.05, 4.69) is 20.9 Å². The molecular formula is C40H53N5O9. The van der Waals surface area contributed by atoms with Crippen LogP contribution in [-0.4, -0.2) is 104 Å². The van der Waals surface area contributed by atoms with Crippen LogP contribution in [0.3, 0.4) is 0 Å². The number of allylic oxidation sites excluding steroid dienone is 4. The van der Waals surface area contributed by atoms with Crippen molar-refractivity contribution in [2.45, 2.75) is 71.5 Å². The molecule has 1 saturated heterocycles. The zero-order valence-electron chi connectivity index (χ0n) is 31.8. The molecule has 14 heteroatoms. The molecule has 1 fully saturated rings. The summed E-state index contributed by atoms with van der Waals surface area (Å²) in [5.74, 6) is -3.32. The lowest BCUT2D eigenvalue weighted by molar-refractivity contribution is -0.120. The van der Waals surface area contributed by atoms with E-state index in [1.807, 2.05) is 19.1 Å². The summed E-state index contributed by atoms with van der Waals surface area (Å²) in [6.45, 7) is 11.3. The van der Waals surface area contributed by atoms with E-state index in [0.29, 0.717) is 11.1 Å². The summed E-state index contributed by atoms with van der Waals surface area (Å²) in [6, 6.07) is 7.11. The fourth-order valence-corrected chi connectivity index (χ4v) is 6.80. The molecule has 0 saturated carbocycles. The third-order valence-corrected chi connectivity index (χ3v) is 9.86. The van der Waals surface area contributed by atoms with Crippen molar-refractivity contribution in [2.75, 3.05) is 40.4 Å². The molecule has 1 aliphatic carbocycles. The van der Waals surface area contributed by atoms with Crippen molar-refractivity contribution < 1.29 is 43.3 Å². The number of aliphatic hydroxyl groups excluding tert-OH is 1. The van der Waals surface area contributed by atoms with Gasteiger partial charge in [-0.05, 0) is 55.9 Å². The maximum atomic E-state index is 14.0. The van der Waals surface area contributed by atoms with Gasteiger partial charge in [-0.1, -0.05) is 50.3 Å². The average molecular weight is 748 g/mol. The topological polar surface area (TPSA) is 199 Å². The first-order valence-electron chi connectivity index (χ1n) is 18.1. The molecule has 0 radical (unpaired) electrons. The minimum Gasteiger partial charge on any atom is -0.439 e. The predicted octanol–water partition coefficient (Wildman–Crippen LogP) is 2.60. The number of methoxy groups -OCH3 is 2. The number of primary amides is 1. The Morgan fingerprint density at radius 3 is 2.35 bits per heavy atom. The summed E-state index contributed by atoms with van der Waals surface area (Å²) in [5, 5.41) is 20.0. The first-order chi connectivity index (χ1) is 25.7. The number of fused-ring (bicyclic) bond motifs is 2. The van der Waals surface area contributed by atoms with Crippen molar-refractivity contribution in [3.05, 3.63) is 93.9 Å². The van der Waals surface area contributed by atoms with Crippen LogP contribution < -0.4 is 21.7 Å². The summed E-state index contributed by atoms with van der Waals surface area (Å²) in [6.07, 6.45) is 3.06. The Bertz CT molecular complexity index is 1720. The zero-order valence-corrected chi connectivity index (χ0v) is 31.8. The molecule has 14 nitrogen and oxygen atoms in total. The van der Waals surface area contributed by atoms with Crippen LogP contribution in [-0.2, 0) is 35.1 Å². The summed E-state index contributed by atoms with van der Waals surface area (Å²) >= 11 is 0. The highest BCUT2D eigenvalue weighted by molar-refractivity contribution is 6.24. The van der Waals surface area contributed by atoms with Crippen LogP contribution in [0.4, 0.5) is 4.79 Å². The van der Waals surface area contributed by atoms with Crippen LogP contribution in [0.2, 0.25) is 0 Å². The molecule has 6 atom stereocenters. The first kappa shape index (κ1) is 42.0. The van der Waals surface area contributed by atoms with Crippen LogP contribution in [0.1, 0.15) is 56.5 Å². The van der Waals surface area contributed by atoms with Gasteiger partial charge in [0.05, 0.1) is 23.6 Å². The molecule has 2 bridgehead atoms. The van der Waals surface area contributed by atoms with Crippen molar-refractivity contribution in [3.63, 3.8) is 0 Å². The molecule has 54 heavy (non-hydrogen) atoms. The van der Waals surface area contributed by atoms with Gasteiger partial charge in [0.15, 0.2) is 6.10 Å². The molecule has 2 heterocycles. The van der Waals surface area contributed by atoms with E-state index >= 15 is 0 Å². The molecular weight excluding hydrogens is 694 g/mol. The second-order valence-corrected chi connectivity index (χ2v) is 14.1. The number of nitrogens with one attached hydrogen (secondary N) is 3. The zero-order chi connectivity index (χ0) is 39.5. The molecule has 1 aromatic rings. The Kier molecular flexibility index (Phi) is 15.2. The number of hydrogen-bond acceptors (Lipinski definition) is 11. The number of aliphatic hydroxyl groups is 1. The monoisotopic (exact) mass is 747 g/mol. The number of carbonyl (C=O) groups is 5. The van der Waals surface area contributed by atoms with Crippen LogP contribution >= 0.6 is 0 Å². The van der Waals surface area contributed by atoms with Crippen LogP contribution in [0.5, 0.6) is 0 Å². The third kappa shape index (κ3) is 11.1. The number of piperazine rings is 1. The Balaban J connectivity index is 1.67. The van der Waals surface area contributed by atoms with Gasteiger partial charge >= 0.3 is 6.09 Å². The molecule has 4 rings (SSSR count). The van der Waals surface area contributed by atoms with Crippen LogP contribution in [0.15, 0.2) is 82.8 Å². The largest absolute Gasteiger partial charge is 0.439 e. The van der Waals surface area contributed by atoms with Gasteiger partial charge in [0.1, 0.15) is 6.10 Å². The molecule has 3 amide bonds. The number of carbonyl (C=O) groups excluding carboxylic acids is 5. The van der Waals surface area contributed by atoms with Gasteiger partial charge in [-0.15, -0.1) is 0 Å². The minimum absolute atomic E-state index is 0.0223. The number of nitrogens with zero attached hydrogens (tertiary/aromatic N) is 1. The van der Waals surface area contributed by atoms with Gasteiger partial charge in [-0.3, -0.25) is 24.1 Å². The average Bonchev–Trinajstić information content (AvgIpc) is 3.14. The lowest BCUT2D eigenvalue weighted by atomic mass is 9.85. The van der Waals surface area contributed by atoms with Gasteiger partial charge < -0.3 is 41.0 Å². The van der Waals surface area contributed by atoms with E-state index in [0.717, 1.165) is 44.4 Å². The SMILES string of the molecule is CO[C@H]1/C=C\C=C(/C)C(=O)NC2=CC(=O)C(NC(=O)c3ccc(CN4CCNCC4)cc3)=C(C[C@@H](C)C[C@H](OC)[C@H](O)[C@@H](C)/C=C(\C)[C@H]1OC(N)=O)C2=O. The molecule has 2 aliphatic heterocycles. The maximum Gasteiger partial charge on any atom is 0.405 e. The van der Waals surface area contributed by atoms with Crippen LogP contribution in [0.25, 0.3) is 0 Å². The Morgan fingerprint density at radius 2 is 1.72 bits per heavy atom. The van der Waals surface area contributed by atoms with E-state index in [1.54, 1.807) is 38.1 Å². The first-order valence-corrected chi connectivity index (χ1v) is 18.1. The second kappa shape index (κ2) is 19.6. The number of rotatable bonds is 7. The van der Waals surface area contributed by atoms with Gasteiger partial charge in [-0.25, -0.2) is 4.79 Å². The third-order valence-electron chi connectivity index (χ3n) is 9.86. The minimum atomic E-state index is -1.04. The molecule has 0 aromatic heterocycles. The lowest BCUT2D eigenvalue weighted by Gasteiger charge is -2.30. The predicted molar refractivity (Wildman–Crippen MR) is 202 cm³/mol. The number of nitrogens with two attached hydrogens (primary N) is 1. The van der Waals surface area contributed by atoms with Gasteiger partial charge in [0.25, 0.3) is 11.8 Å². The quantitative estimate of drug-likeness (QED) is 0.203. The summed E-state index contributed by atoms with van der Waals surface area (Å²) < 4.78 is 16.7. The molecule has 0 unspecified atom stereocenters. The van der Waals surface area contributed by atoms with Crippen molar-refractivity contribution in [3.8, 4) is 0 Å². The summed E-state index contributed by atoms with van der Waals surface area (Å²) in [5.41, 5.74) is 7.10. The molecule has 292 valence electrons. The van der Waals surface area contributed by atoms with E-state index in [1.165, 1.54) is 33.3 Å². The molecule has 6 N–H and O–H groups in total. The number of ketones is 2. The Hall–Kier alpha value is -4.73. The van der Waals surface area contributed by atoms with Crippen molar-refractivity contribution in [1.29, 1.82) is 0 Å². The molecule has 1 aromatic carbocycles. The van der Waals surface area contributed by atoms with Crippen molar-refractivity contribution in [2.24, 2.45) is 17.6 Å². The number of hydrogen-bond donors (Lipinski definition) is 5. The summed E-state index contributed by atoms with van der Waals surface area (Å²) in [4.78, 5) is 68.6. The second-order valence-electron chi connectivity index (χ2n) is 14.1. The number of amides is 3. The Morgan fingerprint density at radius 1 is 1.04 bits per heavy atom. The molecule has 0 spiro atoms. The Labute approximate surface area is 316 Å². The number of ether oxygens (including phenoxy) is 3. The standard InChI is InChI=1S/C40H53N5O9/c1-23-18-29-34(44-39(50)28-12-10-27(11-13-28)22-45-16-14-42-15-17-45)31(46)21-30(36(29)48)43-38(49)24(2)8-7-9-32(52-5)37(54-40(41)51)26(4)20-25(3)35(47)33(19-23)53-6/h7-13,20-21,23,25,32-33,35,37,42,47H,14-19,22H2,1-6H3,(H2,41,51)(H,43,49)(H,44,50)/b9-7-,24-8+,26-20+/t23-,25+,32+,33+,35-,37-/m1/s1. The highest BCUT2D eigenvalue weighted by Crippen LogP contribution is 2.29. The van der Waals surface area contributed by atoms with E-state index in [9.17, 15) is 29.1 Å². The fraction of sp³-hybridized carbons (Fsp3) is 0.475. The fourth-order valence-electron chi connectivity index (χ4n) is 6.80. The van der Waals surface area contributed by atoms with Crippen LogP contribution in [0, 0.1) is 11.8 Å². The molecule has 3 aliphatic rings. The highest BCUT2D eigenvalue weighted by Gasteiger charge is 2.34. The van der Waals surface area contributed by atoms with Gasteiger partial charge in [-0.2, -0.15) is 0 Å². The normalized spacial score (nSPS) is 29.2. The van der Waals surface area contributed by atoms with Gasteiger partial charge in [0, 0.05) is 75.6 Å². The van der Waals surface area contributed by atoms with Crippen molar-refractivity contribution >= 4 is 29.5 Å². The highest BCUT2D eigenvalue weighted by atomic mass is 16.6.